The van der Waals surface area contributed by atoms with Gasteiger partial charge in [0.15, 0.2) is 0 Å². The first-order valence-corrected chi connectivity index (χ1v) is 31.5. The summed E-state index contributed by atoms with van der Waals surface area (Å²) >= 11 is 11.3. The summed E-state index contributed by atoms with van der Waals surface area (Å²) in [5.41, 5.74) is 18.1. The Morgan fingerprint density at radius 3 is 1.00 bits per heavy atom. The number of benzene rings is 12. The zero-order valence-corrected chi connectivity index (χ0v) is 51.4. The van der Waals surface area contributed by atoms with Crippen molar-refractivity contribution in [1.29, 1.82) is 0 Å². The van der Waals surface area contributed by atoms with Crippen molar-refractivity contribution in [2.45, 2.75) is 0 Å². The maximum Gasteiger partial charge on any atom is 0.0541 e. The lowest BCUT2D eigenvalue weighted by Gasteiger charge is -2.09. The van der Waals surface area contributed by atoms with Crippen LogP contribution in [0.2, 0.25) is 0 Å². The number of H-pyrrole nitrogens is 1. The number of aromatic nitrogens is 4. The number of hydrogen-bond donors (Lipinski definition) is 1. The van der Waals surface area contributed by atoms with E-state index in [1.165, 1.54) is 124 Å². The van der Waals surface area contributed by atoms with Crippen LogP contribution in [0.1, 0.15) is 0 Å². The van der Waals surface area contributed by atoms with Crippen molar-refractivity contribution in [2.75, 3.05) is 4.93 Å². The molecule has 0 saturated carbocycles. The SMILES string of the molecule is Brc1ccc(-n2c3ccccc3c3cc(-c4ccc5c(c4)c4ccccc4n5-c4ccccc4)ccc32)cc1.Brc1ccc(I)cc1.CI.c1ccc(-n2c3ccccc3c3cc(-c4ccc5[nH]c6ccccc6c5c4)ccc32)cc1. The van der Waals surface area contributed by atoms with E-state index in [2.05, 4.69) is 363 Å². The average Bonchev–Trinajstić information content (AvgIpc) is 4.47. The Morgan fingerprint density at radius 1 is 0.272 bits per heavy atom. The first kappa shape index (κ1) is 52.6. The number of fused-ring (bicyclic) bond motifs is 12. The predicted molar refractivity (Wildman–Crippen MR) is 371 cm³/mol. The topological polar surface area (TPSA) is 30.6 Å². The number of alkyl halides is 1. The van der Waals surface area contributed by atoms with E-state index in [4.69, 9.17) is 0 Å². The molecular weight excluding hydrogens is 1350 g/mol. The van der Waals surface area contributed by atoms with Gasteiger partial charge in [0.1, 0.15) is 0 Å². The molecule has 4 heterocycles. The third kappa shape index (κ3) is 10.1. The van der Waals surface area contributed by atoms with Crippen molar-refractivity contribution in [1.82, 2.24) is 18.7 Å². The van der Waals surface area contributed by atoms with Crippen LogP contribution in [0.5, 0.6) is 0 Å². The minimum atomic E-state index is 1.08. The normalized spacial score (nSPS) is 11.3. The van der Waals surface area contributed by atoms with E-state index in [1.807, 2.05) is 17.1 Å². The molecule has 4 nitrogen and oxygen atoms in total. The number of nitrogens with one attached hydrogen (secondary N) is 1. The van der Waals surface area contributed by atoms with Gasteiger partial charge in [0, 0.05) is 83.7 Å². The van der Waals surface area contributed by atoms with Crippen molar-refractivity contribution in [3.63, 3.8) is 0 Å². The monoisotopic (exact) mass is 1390 g/mol. The maximum absolute atomic E-state index is 3.58. The van der Waals surface area contributed by atoms with E-state index in [-0.39, 0.29) is 0 Å². The molecule has 0 aliphatic heterocycles. The second-order valence-corrected chi connectivity index (χ2v) is 22.8. The van der Waals surface area contributed by atoms with E-state index < -0.39 is 0 Å². The van der Waals surface area contributed by atoms with Gasteiger partial charge in [-0.3, -0.25) is 0 Å². The summed E-state index contributed by atoms with van der Waals surface area (Å²) in [6.07, 6.45) is 0. The third-order valence-corrected chi connectivity index (χ3v) is 16.9. The van der Waals surface area contributed by atoms with Gasteiger partial charge in [-0.2, -0.15) is 0 Å². The van der Waals surface area contributed by atoms with E-state index in [9.17, 15) is 0 Å². The Balaban J connectivity index is 0.000000132. The number of hydrogen-bond acceptors (Lipinski definition) is 0. The van der Waals surface area contributed by atoms with E-state index in [0.29, 0.717) is 0 Å². The van der Waals surface area contributed by atoms with E-state index >= 15 is 0 Å². The van der Waals surface area contributed by atoms with Crippen LogP contribution in [0, 0.1) is 3.57 Å². The molecule has 0 atom stereocenters. The van der Waals surface area contributed by atoms with E-state index in [0.717, 1.165) is 14.6 Å². The molecule has 8 heteroatoms. The quantitative estimate of drug-likeness (QED) is 0.132. The molecule has 0 saturated heterocycles. The molecule has 0 aliphatic rings. The van der Waals surface area contributed by atoms with Gasteiger partial charge in [0.05, 0.1) is 33.1 Å². The molecule has 81 heavy (non-hydrogen) atoms. The van der Waals surface area contributed by atoms with Crippen LogP contribution in [0.15, 0.2) is 288 Å². The largest absolute Gasteiger partial charge is 0.355 e. The van der Waals surface area contributed by atoms with Crippen LogP contribution < -0.4 is 0 Å². The Kier molecular flexibility index (Phi) is 15.0. The second kappa shape index (κ2) is 23.0. The molecule has 0 radical (unpaired) electrons. The first-order valence-electron chi connectivity index (χ1n) is 26.7. The Hall–Kier alpha value is -7.74. The van der Waals surface area contributed by atoms with Gasteiger partial charge >= 0.3 is 0 Å². The summed E-state index contributed by atoms with van der Waals surface area (Å²) in [7, 11) is 0. The van der Waals surface area contributed by atoms with Crippen LogP contribution in [0.3, 0.4) is 0 Å². The Labute approximate surface area is 513 Å². The van der Waals surface area contributed by atoms with Crippen molar-refractivity contribution in [2.24, 2.45) is 0 Å². The standard InChI is InChI=1S/C36H23BrN2.C30H20N2.C6H4BrI.CH3I/c37-26-16-18-28(19-17-26)39-34-13-7-5-11-30(34)32-23-25(15-21-36(32)39)24-14-20-35-31(22-24)29-10-4-6-12-33(29)38(35)27-8-2-1-3-9-27;1-2-8-22(9-3-1)32-29-13-7-5-11-24(29)26-19-21(15-17-30(26)32)20-14-16-28-25(18-20)23-10-4-6-12-27(23)31-28;7-5-1-3-6(8)4-2-5;1-2/h1-23H;1-19,31H;1-4H;1H3. The summed E-state index contributed by atoms with van der Waals surface area (Å²) in [6.45, 7) is 0. The maximum atomic E-state index is 3.58. The van der Waals surface area contributed by atoms with Crippen LogP contribution >= 0.6 is 77.0 Å². The zero-order chi connectivity index (χ0) is 55.0. The molecule has 0 bridgehead atoms. The Bertz CT molecular complexity index is 4900. The molecule has 1 N–H and O–H groups in total. The van der Waals surface area contributed by atoms with Crippen molar-refractivity contribution < 1.29 is 0 Å². The zero-order valence-electron chi connectivity index (χ0n) is 43.9. The van der Waals surface area contributed by atoms with Gasteiger partial charge in [-0.05, 0) is 195 Å². The van der Waals surface area contributed by atoms with Crippen molar-refractivity contribution in [3.05, 3.63) is 292 Å². The van der Waals surface area contributed by atoms with E-state index in [1.54, 1.807) is 0 Å². The van der Waals surface area contributed by atoms with Crippen molar-refractivity contribution >= 4 is 164 Å². The second-order valence-electron chi connectivity index (χ2n) is 19.8. The number of rotatable bonds is 5. The molecule has 0 aliphatic carbocycles. The van der Waals surface area contributed by atoms with Gasteiger partial charge in [-0.25, -0.2) is 0 Å². The molecule has 390 valence electrons. The fourth-order valence-corrected chi connectivity index (χ4v) is 12.4. The first-order chi connectivity index (χ1) is 39.9. The average molecular weight is 1400 g/mol. The highest BCUT2D eigenvalue weighted by Gasteiger charge is 2.17. The smallest absolute Gasteiger partial charge is 0.0541 e. The summed E-state index contributed by atoms with van der Waals surface area (Å²) < 4.78 is 10.6. The molecule has 0 unspecified atom stereocenters. The highest BCUT2D eigenvalue weighted by Crippen LogP contribution is 2.40. The summed E-state index contributed by atoms with van der Waals surface area (Å²) in [4.78, 5) is 5.50. The lowest BCUT2D eigenvalue weighted by Crippen LogP contribution is -1.93. The van der Waals surface area contributed by atoms with Gasteiger partial charge in [0.25, 0.3) is 0 Å². The van der Waals surface area contributed by atoms with Crippen molar-refractivity contribution in [3.8, 4) is 39.3 Å². The fourth-order valence-electron chi connectivity index (χ4n) is 11.5. The minimum absolute atomic E-state index is 1.08. The number of nitrogens with zero attached hydrogens (tertiary/aromatic N) is 3. The molecule has 0 amide bonds. The van der Waals surface area contributed by atoms with Crippen LogP contribution in [0.25, 0.3) is 127 Å². The van der Waals surface area contributed by atoms with Gasteiger partial charge in [-0.1, -0.05) is 188 Å². The summed E-state index contributed by atoms with van der Waals surface area (Å²) in [5.74, 6) is 0. The molecule has 0 spiro atoms. The highest BCUT2D eigenvalue weighted by atomic mass is 127. The fraction of sp³-hybridized carbons (Fsp3) is 0.0137. The lowest BCUT2D eigenvalue weighted by atomic mass is 10.0. The molecule has 16 rings (SSSR count). The lowest BCUT2D eigenvalue weighted by molar-refractivity contribution is 1.18. The van der Waals surface area contributed by atoms with Crippen LogP contribution in [-0.2, 0) is 0 Å². The Morgan fingerprint density at radius 2 is 0.580 bits per heavy atom. The van der Waals surface area contributed by atoms with Gasteiger partial charge in [-0.15, -0.1) is 0 Å². The minimum Gasteiger partial charge on any atom is -0.355 e. The molecule has 16 aromatic rings. The number of para-hydroxylation sites is 6. The number of aromatic amines is 1. The van der Waals surface area contributed by atoms with Gasteiger partial charge < -0.3 is 18.7 Å². The molecule has 0 fully saturated rings. The number of halogens is 4. The molecule has 4 aromatic heterocycles. The highest BCUT2D eigenvalue weighted by molar-refractivity contribution is 14.1. The molecule has 12 aromatic carbocycles. The summed E-state index contributed by atoms with van der Waals surface area (Å²) in [6, 6.07) is 99.9. The van der Waals surface area contributed by atoms with Crippen LogP contribution in [0.4, 0.5) is 0 Å². The van der Waals surface area contributed by atoms with Gasteiger partial charge in [0.2, 0.25) is 0 Å². The predicted octanol–water partition coefficient (Wildman–Crippen LogP) is 22.5. The molecular formula is C73H50Br2I2N4. The third-order valence-electron chi connectivity index (χ3n) is 15.1. The summed E-state index contributed by atoms with van der Waals surface area (Å²) in [5, 5.41) is 10.2. The van der Waals surface area contributed by atoms with Crippen LogP contribution in [-0.4, -0.2) is 23.6 Å².